The quantitative estimate of drug-likeness (QED) is 0.706. The zero-order valence-electron chi connectivity index (χ0n) is 12.4. The van der Waals surface area contributed by atoms with Crippen molar-refractivity contribution in [2.45, 2.75) is 52.2 Å². The van der Waals surface area contributed by atoms with Crippen LogP contribution in [0.2, 0.25) is 0 Å². The minimum absolute atomic E-state index is 0.221. The van der Waals surface area contributed by atoms with Crippen LogP contribution in [0.1, 0.15) is 49.8 Å². The van der Waals surface area contributed by atoms with Crippen LogP contribution in [-0.4, -0.2) is 40.8 Å². The Balaban J connectivity index is 2.89. The summed E-state index contributed by atoms with van der Waals surface area (Å²) < 4.78 is 11.9. The first-order valence-corrected chi connectivity index (χ1v) is 6.51. The van der Waals surface area contributed by atoms with Crippen molar-refractivity contribution in [2.24, 2.45) is 0 Å². The Kier molecular flexibility index (Phi) is 5.47. The Bertz CT molecular complexity index is 427. The second-order valence-electron chi connectivity index (χ2n) is 5.06. The van der Waals surface area contributed by atoms with Crippen molar-refractivity contribution in [3.8, 4) is 0 Å². The number of aryl methyl sites for hydroxylation is 1. The molecule has 0 aliphatic carbocycles. The smallest absolute Gasteiger partial charge is 0.360 e. The molecule has 6 heteroatoms. The fraction of sp³-hybridized carbons (Fsp3) is 0.769. The van der Waals surface area contributed by atoms with E-state index in [0.717, 1.165) is 25.0 Å². The number of carbonyl (C=O) groups excluding carboxylic acids is 1. The minimum Gasteiger partial charge on any atom is -0.464 e. The summed E-state index contributed by atoms with van der Waals surface area (Å²) in [4.78, 5) is 11.6. The molecule has 1 aromatic heterocycles. The third-order valence-electron chi connectivity index (χ3n) is 3.18. The second-order valence-corrected chi connectivity index (χ2v) is 5.06. The molecule has 19 heavy (non-hydrogen) atoms. The lowest BCUT2D eigenvalue weighted by Gasteiger charge is -2.22. The van der Waals surface area contributed by atoms with E-state index in [1.165, 1.54) is 7.11 Å². The molecule has 0 bridgehead atoms. The van der Waals surface area contributed by atoms with Gasteiger partial charge in [0.25, 0.3) is 0 Å². The van der Waals surface area contributed by atoms with Gasteiger partial charge in [0.15, 0.2) is 5.69 Å². The average molecular weight is 269 g/mol. The first-order chi connectivity index (χ1) is 8.95. The molecule has 0 aliphatic heterocycles. The van der Waals surface area contributed by atoms with Gasteiger partial charge in [0, 0.05) is 13.7 Å². The number of nitrogens with zero attached hydrogens (tertiary/aromatic N) is 3. The molecule has 108 valence electrons. The van der Waals surface area contributed by atoms with E-state index in [9.17, 15) is 4.79 Å². The largest absolute Gasteiger partial charge is 0.464 e. The topological polar surface area (TPSA) is 66.2 Å². The Morgan fingerprint density at radius 3 is 2.58 bits per heavy atom. The number of esters is 1. The molecule has 0 saturated heterocycles. The summed E-state index contributed by atoms with van der Waals surface area (Å²) in [5, 5.41) is 7.98. The summed E-state index contributed by atoms with van der Waals surface area (Å²) in [6.45, 7) is 6.76. The SMILES string of the molecule is CCCc1c(C(=O)OC)nnn1CCC(C)(C)OC. The van der Waals surface area contributed by atoms with Gasteiger partial charge in [-0.05, 0) is 26.7 Å². The van der Waals surface area contributed by atoms with Crippen molar-refractivity contribution in [1.82, 2.24) is 15.0 Å². The fourth-order valence-electron chi connectivity index (χ4n) is 1.73. The molecule has 0 amide bonds. The third-order valence-corrected chi connectivity index (χ3v) is 3.18. The normalized spacial score (nSPS) is 11.6. The minimum atomic E-state index is -0.430. The number of hydrogen-bond acceptors (Lipinski definition) is 5. The molecule has 6 nitrogen and oxygen atoms in total. The van der Waals surface area contributed by atoms with Gasteiger partial charge in [-0.15, -0.1) is 5.10 Å². The summed E-state index contributed by atoms with van der Waals surface area (Å²) in [5.74, 6) is -0.430. The Morgan fingerprint density at radius 2 is 2.05 bits per heavy atom. The van der Waals surface area contributed by atoms with Gasteiger partial charge in [-0.1, -0.05) is 18.6 Å². The van der Waals surface area contributed by atoms with Gasteiger partial charge in [0.1, 0.15) is 0 Å². The van der Waals surface area contributed by atoms with Crippen LogP contribution in [0.5, 0.6) is 0 Å². The van der Waals surface area contributed by atoms with Crippen LogP contribution in [0.15, 0.2) is 0 Å². The third kappa shape index (κ3) is 4.02. The van der Waals surface area contributed by atoms with Crippen LogP contribution in [0, 0.1) is 0 Å². The lowest BCUT2D eigenvalue weighted by atomic mass is 10.1. The Labute approximate surface area is 114 Å². The standard InChI is InChI=1S/C13H23N3O3/c1-6-7-10-11(12(17)18-4)14-15-16(10)9-8-13(2,3)19-5/h6-9H2,1-5H3. The van der Waals surface area contributed by atoms with E-state index in [2.05, 4.69) is 17.2 Å². The molecule has 0 fully saturated rings. The number of ether oxygens (including phenoxy) is 2. The fourth-order valence-corrected chi connectivity index (χ4v) is 1.73. The van der Waals surface area contributed by atoms with Crippen LogP contribution < -0.4 is 0 Å². The number of methoxy groups -OCH3 is 2. The van der Waals surface area contributed by atoms with Crippen LogP contribution >= 0.6 is 0 Å². The Hall–Kier alpha value is -1.43. The first-order valence-electron chi connectivity index (χ1n) is 6.51. The Morgan fingerprint density at radius 1 is 1.37 bits per heavy atom. The predicted molar refractivity (Wildman–Crippen MR) is 71.1 cm³/mol. The van der Waals surface area contributed by atoms with Crippen molar-refractivity contribution in [3.63, 3.8) is 0 Å². The maximum absolute atomic E-state index is 11.6. The van der Waals surface area contributed by atoms with Crippen molar-refractivity contribution < 1.29 is 14.3 Å². The highest BCUT2D eigenvalue weighted by molar-refractivity contribution is 5.88. The van der Waals surface area contributed by atoms with Gasteiger partial charge in [0.2, 0.25) is 0 Å². The van der Waals surface area contributed by atoms with E-state index in [-0.39, 0.29) is 5.60 Å². The van der Waals surface area contributed by atoms with Gasteiger partial charge in [-0.3, -0.25) is 0 Å². The van der Waals surface area contributed by atoms with Crippen molar-refractivity contribution in [2.75, 3.05) is 14.2 Å². The maximum Gasteiger partial charge on any atom is 0.360 e. The van der Waals surface area contributed by atoms with E-state index in [4.69, 9.17) is 9.47 Å². The molecular formula is C13H23N3O3. The van der Waals surface area contributed by atoms with E-state index in [1.807, 2.05) is 13.8 Å². The van der Waals surface area contributed by atoms with Crippen molar-refractivity contribution >= 4 is 5.97 Å². The molecule has 0 spiro atoms. The van der Waals surface area contributed by atoms with Gasteiger partial charge < -0.3 is 9.47 Å². The van der Waals surface area contributed by atoms with Gasteiger partial charge in [-0.25, -0.2) is 9.48 Å². The van der Waals surface area contributed by atoms with E-state index >= 15 is 0 Å². The van der Waals surface area contributed by atoms with Gasteiger partial charge in [-0.2, -0.15) is 0 Å². The zero-order chi connectivity index (χ0) is 14.5. The molecule has 0 aromatic carbocycles. The summed E-state index contributed by atoms with van der Waals surface area (Å²) in [5.41, 5.74) is 0.932. The van der Waals surface area contributed by atoms with E-state index < -0.39 is 5.97 Å². The number of aromatic nitrogens is 3. The highest BCUT2D eigenvalue weighted by atomic mass is 16.5. The maximum atomic E-state index is 11.6. The average Bonchev–Trinajstić information content (AvgIpc) is 2.79. The van der Waals surface area contributed by atoms with Crippen molar-refractivity contribution in [3.05, 3.63) is 11.4 Å². The number of rotatable bonds is 7. The molecular weight excluding hydrogens is 246 g/mol. The van der Waals surface area contributed by atoms with Crippen molar-refractivity contribution in [1.29, 1.82) is 0 Å². The molecule has 0 N–H and O–H groups in total. The van der Waals surface area contributed by atoms with Crippen LogP contribution in [0.3, 0.4) is 0 Å². The molecule has 1 rings (SSSR count). The van der Waals surface area contributed by atoms with Gasteiger partial charge >= 0.3 is 5.97 Å². The summed E-state index contributed by atoms with van der Waals surface area (Å²) in [7, 11) is 3.04. The lowest BCUT2D eigenvalue weighted by Crippen LogP contribution is -2.25. The van der Waals surface area contributed by atoms with Crippen LogP contribution in [0.25, 0.3) is 0 Å². The number of carbonyl (C=O) groups is 1. The monoisotopic (exact) mass is 269 g/mol. The van der Waals surface area contributed by atoms with Crippen LogP contribution in [-0.2, 0) is 22.4 Å². The summed E-state index contributed by atoms with van der Waals surface area (Å²) >= 11 is 0. The summed E-state index contributed by atoms with van der Waals surface area (Å²) in [6.07, 6.45) is 2.47. The highest BCUT2D eigenvalue weighted by Crippen LogP contribution is 2.16. The molecule has 1 aromatic rings. The van der Waals surface area contributed by atoms with E-state index in [1.54, 1.807) is 11.8 Å². The molecule has 0 atom stereocenters. The first kappa shape index (κ1) is 15.6. The molecule has 0 saturated carbocycles. The summed E-state index contributed by atoms with van der Waals surface area (Å²) in [6, 6.07) is 0. The number of hydrogen-bond donors (Lipinski definition) is 0. The molecule has 0 aliphatic rings. The van der Waals surface area contributed by atoms with Gasteiger partial charge in [0.05, 0.1) is 18.4 Å². The predicted octanol–water partition coefficient (Wildman–Crippen LogP) is 1.83. The highest BCUT2D eigenvalue weighted by Gasteiger charge is 2.22. The second kappa shape index (κ2) is 6.65. The molecule has 1 heterocycles. The molecule has 0 unspecified atom stereocenters. The van der Waals surface area contributed by atoms with E-state index in [0.29, 0.717) is 12.2 Å². The zero-order valence-corrected chi connectivity index (χ0v) is 12.4. The lowest BCUT2D eigenvalue weighted by molar-refractivity contribution is 0.0110. The molecule has 0 radical (unpaired) electrons. The van der Waals surface area contributed by atoms with Crippen LogP contribution in [0.4, 0.5) is 0 Å².